The summed E-state index contributed by atoms with van der Waals surface area (Å²) in [5.74, 6) is -2.01. The highest BCUT2D eigenvalue weighted by Crippen LogP contribution is 2.21. The largest absolute Gasteiger partial charge is 0.507 e. The van der Waals surface area contributed by atoms with Crippen LogP contribution in [0.25, 0.3) is 0 Å². The Labute approximate surface area is 141 Å². The van der Waals surface area contributed by atoms with Crippen LogP contribution >= 0.6 is 0 Å². The van der Waals surface area contributed by atoms with Gasteiger partial charge in [0.05, 0.1) is 7.11 Å². The molecule has 0 heterocycles. The van der Waals surface area contributed by atoms with Crippen LogP contribution in [-0.2, 0) is 19.1 Å². The smallest absolute Gasteiger partial charge is 0.342 e. The molecule has 0 aromatic heterocycles. The van der Waals surface area contributed by atoms with Gasteiger partial charge in [0.2, 0.25) is 0 Å². The number of ether oxygens (including phenoxy) is 2. The maximum absolute atomic E-state index is 11.9. The molecule has 0 saturated carbocycles. The van der Waals surface area contributed by atoms with Crippen molar-refractivity contribution < 1.29 is 29.0 Å². The van der Waals surface area contributed by atoms with E-state index in [9.17, 15) is 19.5 Å². The first-order chi connectivity index (χ1) is 11.3. The van der Waals surface area contributed by atoms with Crippen LogP contribution in [0.5, 0.6) is 5.75 Å². The zero-order valence-corrected chi connectivity index (χ0v) is 14.3. The average Bonchev–Trinajstić information content (AvgIpc) is 2.53. The molecule has 1 amide bonds. The van der Waals surface area contributed by atoms with E-state index in [1.54, 1.807) is 19.1 Å². The Morgan fingerprint density at radius 2 is 1.92 bits per heavy atom. The first kappa shape index (κ1) is 19.5. The minimum absolute atomic E-state index is 0.0190. The van der Waals surface area contributed by atoms with Crippen molar-refractivity contribution in [1.29, 1.82) is 0 Å². The Morgan fingerprint density at radius 1 is 1.25 bits per heavy atom. The normalized spacial score (nSPS) is 11.7. The maximum atomic E-state index is 11.9. The van der Waals surface area contributed by atoms with E-state index in [0.717, 1.165) is 0 Å². The summed E-state index contributed by atoms with van der Waals surface area (Å²) in [5.41, 5.74) is 0.506. The number of hydrogen-bond acceptors (Lipinski definition) is 6. The molecule has 1 aromatic rings. The number of para-hydroxylation sites is 1. The second-order valence-electron chi connectivity index (χ2n) is 5.82. The van der Waals surface area contributed by atoms with Gasteiger partial charge in [0.1, 0.15) is 17.4 Å². The van der Waals surface area contributed by atoms with E-state index in [-0.39, 0.29) is 17.2 Å². The van der Waals surface area contributed by atoms with Gasteiger partial charge in [0.15, 0.2) is 6.61 Å². The molecule has 0 bridgehead atoms. The first-order valence-electron chi connectivity index (χ1n) is 7.59. The van der Waals surface area contributed by atoms with Crippen LogP contribution in [0.15, 0.2) is 18.2 Å². The highest BCUT2D eigenvalue weighted by Gasteiger charge is 2.23. The van der Waals surface area contributed by atoms with E-state index < -0.39 is 30.5 Å². The number of aromatic hydroxyl groups is 1. The topological polar surface area (TPSA) is 102 Å². The van der Waals surface area contributed by atoms with Crippen LogP contribution in [0.3, 0.4) is 0 Å². The number of methoxy groups -OCH3 is 1. The Morgan fingerprint density at radius 3 is 2.50 bits per heavy atom. The number of amides is 1. The number of carbonyl (C=O) groups excluding carboxylic acids is 3. The van der Waals surface area contributed by atoms with Crippen molar-refractivity contribution in [2.24, 2.45) is 5.92 Å². The molecule has 0 radical (unpaired) electrons. The number of carbonyl (C=O) groups is 3. The van der Waals surface area contributed by atoms with E-state index in [1.165, 1.54) is 13.2 Å². The SMILES string of the molecule is COC(=O)[C@@H](CC(C)C)NC(=O)COC(=O)c1cccc(C)c1O. The van der Waals surface area contributed by atoms with Gasteiger partial charge in [-0.05, 0) is 30.9 Å². The molecule has 7 heteroatoms. The van der Waals surface area contributed by atoms with Gasteiger partial charge in [-0.3, -0.25) is 4.79 Å². The molecular weight excluding hydrogens is 314 g/mol. The molecule has 0 fully saturated rings. The van der Waals surface area contributed by atoms with E-state index in [4.69, 9.17) is 4.74 Å². The van der Waals surface area contributed by atoms with Gasteiger partial charge in [0.25, 0.3) is 5.91 Å². The fourth-order valence-electron chi connectivity index (χ4n) is 2.10. The van der Waals surface area contributed by atoms with Gasteiger partial charge in [-0.2, -0.15) is 0 Å². The molecule has 1 aromatic carbocycles. The van der Waals surface area contributed by atoms with E-state index in [0.29, 0.717) is 12.0 Å². The molecule has 0 unspecified atom stereocenters. The summed E-state index contributed by atoms with van der Waals surface area (Å²) in [6.45, 7) is 4.90. The van der Waals surface area contributed by atoms with Crippen molar-refractivity contribution in [3.05, 3.63) is 29.3 Å². The van der Waals surface area contributed by atoms with Crippen LogP contribution in [0.4, 0.5) is 0 Å². The third kappa shape index (κ3) is 5.57. The van der Waals surface area contributed by atoms with Crippen LogP contribution in [0.2, 0.25) is 0 Å². The molecule has 0 spiro atoms. The minimum atomic E-state index is -0.815. The van der Waals surface area contributed by atoms with Crippen molar-refractivity contribution in [2.45, 2.75) is 33.2 Å². The predicted molar refractivity (Wildman–Crippen MR) is 86.5 cm³/mol. The first-order valence-corrected chi connectivity index (χ1v) is 7.59. The molecule has 1 rings (SSSR count). The van der Waals surface area contributed by atoms with Crippen molar-refractivity contribution in [1.82, 2.24) is 5.32 Å². The number of phenols is 1. The molecule has 7 nitrogen and oxygen atoms in total. The van der Waals surface area contributed by atoms with Crippen LogP contribution in [0.1, 0.15) is 36.2 Å². The number of benzene rings is 1. The lowest BCUT2D eigenvalue weighted by atomic mass is 10.0. The summed E-state index contributed by atoms with van der Waals surface area (Å²) in [7, 11) is 1.24. The highest BCUT2D eigenvalue weighted by molar-refractivity contribution is 5.94. The second kappa shape index (κ2) is 8.90. The monoisotopic (exact) mass is 337 g/mol. The van der Waals surface area contributed by atoms with Crippen LogP contribution in [0, 0.1) is 12.8 Å². The van der Waals surface area contributed by atoms with Gasteiger partial charge in [-0.15, -0.1) is 0 Å². The molecule has 0 saturated heterocycles. The lowest BCUT2D eigenvalue weighted by Crippen LogP contribution is -2.44. The summed E-state index contributed by atoms with van der Waals surface area (Å²) < 4.78 is 9.53. The van der Waals surface area contributed by atoms with Crippen molar-refractivity contribution in [2.75, 3.05) is 13.7 Å². The molecule has 2 N–H and O–H groups in total. The lowest BCUT2D eigenvalue weighted by Gasteiger charge is -2.18. The molecular formula is C17H23NO6. The number of hydrogen-bond donors (Lipinski definition) is 2. The van der Waals surface area contributed by atoms with Crippen molar-refractivity contribution in [3.63, 3.8) is 0 Å². The van der Waals surface area contributed by atoms with Gasteiger partial charge in [0, 0.05) is 0 Å². The number of esters is 2. The van der Waals surface area contributed by atoms with Crippen LogP contribution < -0.4 is 5.32 Å². The quantitative estimate of drug-likeness (QED) is 0.732. The fourth-order valence-corrected chi connectivity index (χ4v) is 2.10. The van der Waals surface area contributed by atoms with Gasteiger partial charge in [-0.25, -0.2) is 9.59 Å². The van der Waals surface area contributed by atoms with E-state index in [2.05, 4.69) is 10.1 Å². The zero-order valence-electron chi connectivity index (χ0n) is 14.3. The van der Waals surface area contributed by atoms with Crippen molar-refractivity contribution in [3.8, 4) is 5.75 Å². The summed E-state index contributed by atoms with van der Waals surface area (Å²) in [6, 6.07) is 3.85. The molecule has 1 atom stereocenters. The van der Waals surface area contributed by atoms with Gasteiger partial charge in [-0.1, -0.05) is 26.0 Å². The van der Waals surface area contributed by atoms with Crippen LogP contribution in [-0.4, -0.2) is 42.7 Å². The summed E-state index contributed by atoms with van der Waals surface area (Å²) in [4.78, 5) is 35.5. The van der Waals surface area contributed by atoms with Crippen molar-refractivity contribution >= 4 is 17.8 Å². The van der Waals surface area contributed by atoms with E-state index >= 15 is 0 Å². The molecule has 24 heavy (non-hydrogen) atoms. The Kier molecular flexibility index (Phi) is 7.23. The minimum Gasteiger partial charge on any atom is -0.507 e. The summed E-state index contributed by atoms with van der Waals surface area (Å²) in [5, 5.41) is 12.3. The Balaban J connectivity index is 2.62. The number of rotatable bonds is 7. The number of phenolic OH excluding ortho intramolecular Hbond substituents is 1. The maximum Gasteiger partial charge on any atom is 0.342 e. The standard InChI is InChI=1S/C17H23NO6/c1-10(2)8-13(17(22)23-4)18-14(19)9-24-16(21)12-7-5-6-11(3)15(12)20/h5-7,10,13,20H,8-9H2,1-4H3,(H,18,19)/t13-/m1/s1. The third-order valence-electron chi connectivity index (χ3n) is 3.32. The molecule has 132 valence electrons. The average molecular weight is 337 g/mol. The highest BCUT2D eigenvalue weighted by atomic mass is 16.5. The number of aryl methyl sites for hydroxylation is 1. The lowest BCUT2D eigenvalue weighted by molar-refractivity contribution is -0.145. The zero-order chi connectivity index (χ0) is 18.3. The third-order valence-corrected chi connectivity index (χ3v) is 3.32. The molecule has 0 aliphatic carbocycles. The second-order valence-corrected chi connectivity index (χ2v) is 5.82. The van der Waals surface area contributed by atoms with Gasteiger partial charge >= 0.3 is 11.9 Å². The Bertz CT molecular complexity index is 611. The predicted octanol–water partition coefficient (Wildman–Crippen LogP) is 1.56. The molecule has 0 aliphatic heterocycles. The number of nitrogens with one attached hydrogen (secondary N) is 1. The van der Waals surface area contributed by atoms with E-state index in [1.807, 2.05) is 13.8 Å². The summed E-state index contributed by atoms with van der Waals surface area (Å²) in [6.07, 6.45) is 0.408. The fraction of sp³-hybridized carbons (Fsp3) is 0.471. The van der Waals surface area contributed by atoms with Gasteiger partial charge < -0.3 is 19.9 Å². The summed E-state index contributed by atoms with van der Waals surface area (Å²) >= 11 is 0. The molecule has 0 aliphatic rings. The Hall–Kier alpha value is -2.57.